The van der Waals surface area contributed by atoms with E-state index in [1.807, 2.05) is 30.3 Å². The van der Waals surface area contributed by atoms with Crippen molar-refractivity contribution in [3.05, 3.63) is 70.8 Å². The Bertz CT molecular complexity index is 820. The van der Waals surface area contributed by atoms with Crippen LogP contribution < -0.4 is 16.8 Å². The molecule has 0 saturated heterocycles. The predicted molar refractivity (Wildman–Crippen MR) is 112 cm³/mol. The topological polar surface area (TPSA) is 90.4 Å². The molecule has 5 N–H and O–H groups in total. The largest absolute Gasteiger partial charge is 0.379 e. The van der Waals surface area contributed by atoms with Crippen LogP contribution in [-0.2, 0) is 23.0 Å². The molecule has 0 fully saturated rings. The number of nitrogens with one attached hydrogen (secondary N) is 1. The van der Waals surface area contributed by atoms with Gasteiger partial charge >= 0.3 is 0 Å². The molecule has 150 valence electrons. The number of hydrogen-bond donors (Lipinski definition) is 3. The van der Waals surface area contributed by atoms with Gasteiger partial charge in [0.1, 0.15) is 0 Å². The monoisotopic (exact) mass is 381 g/mol. The van der Waals surface area contributed by atoms with Crippen molar-refractivity contribution in [1.82, 2.24) is 5.32 Å². The lowest BCUT2D eigenvalue weighted by Crippen LogP contribution is -2.58. The second kappa shape index (κ2) is 8.43. The van der Waals surface area contributed by atoms with E-state index in [-0.39, 0.29) is 23.6 Å². The number of amides is 1. The molecule has 2 aromatic carbocycles. The summed E-state index contributed by atoms with van der Waals surface area (Å²) in [6, 6.07) is 16.1. The first kappa shape index (κ1) is 20.5. The number of fused-ring (bicyclic) bond motifs is 1. The number of methoxy groups -OCH3 is 1. The van der Waals surface area contributed by atoms with Gasteiger partial charge in [-0.05, 0) is 35.2 Å². The minimum atomic E-state index is -0.401. The molecule has 0 spiro atoms. The summed E-state index contributed by atoms with van der Waals surface area (Å²) in [7, 11) is 1.75. The van der Waals surface area contributed by atoms with Crippen LogP contribution in [0.15, 0.2) is 48.5 Å². The molecular weight excluding hydrogens is 350 g/mol. The third kappa shape index (κ3) is 4.27. The molecule has 1 aliphatic rings. The average molecular weight is 382 g/mol. The molecule has 0 radical (unpaired) electrons. The lowest BCUT2D eigenvalue weighted by Gasteiger charge is -2.45. The van der Waals surface area contributed by atoms with Crippen molar-refractivity contribution in [2.75, 3.05) is 13.7 Å². The zero-order chi connectivity index (χ0) is 20.3. The number of nitrogens with two attached hydrogens (primary N) is 2. The van der Waals surface area contributed by atoms with E-state index in [2.05, 4.69) is 31.3 Å². The van der Waals surface area contributed by atoms with E-state index in [9.17, 15) is 4.79 Å². The van der Waals surface area contributed by atoms with Crippen molar-refractivity contribution in [1.29, 1.82) is 0 Å². The Labute approximate surface area is 167 Å². The highest BCUT2D eigenvalue weighted by molar-refractivity contribution is 5.93. The Hall–Kier alpha value is -2.21. The number of benzene rings is 2. The highest BCUT2D eigenvalue weighted by atomic mass is 16.5. The van der Waals surface area contributed by atoms with Gasteiger partial charge in [0.05, 0.1) is 6.10 Å². The molecule has 0 heterocycles. The molecule has 5 heteroatoms. The normalized spacial score (nSPS) is 21.7. The third-order valence-corrected chi connectivity index (χ3v) is 5.90. The van der Waals surface area contributed by atoms with E-state index in [4.69, 9.17) is 16.2 Å². The maximum atomic E-state index is 11.7. The fraction of sp³-hybridized carbons (Fsp3) is 0.435. The summed E-state index contributed by atoms with van der Waals surface area (Å²) in [4.78, 5) is 11.7. The van der Waals surface area contributed by atoms with Crippen LogP contribution in [0, 0.1) is 0 Å². The summed E-state index contributed by atoms with van der Waals surface area (Å²) < 4.78 is 5.83. The lowest BCUT2D eigenvalue weighted by atomic mass is 9.67. The van der Waals surface area contributed by atoms with Crippen molar-refractivity contribution in [3.63, 3.8) is 0 Å². The van der Waals surface area contributed by atoms with E-state index in [0.29, 0.717) is 12.1 Å². The van der Waals surface area contributed by atoms with E-state index in [1.54, 1.807) is 13.2 Å². The first-order valence-corrected chi connectivity index (χ1v) is 9.81. The number of ether oxygens (including phenoxy) is 1. The van der Waals surface area contributed by atoms with Crippen LogP contribution in [-0.4, -0.2) is 37.7 Å². The molecule has 1 aliphatic carbocycles. The fourth-order valence-corrected chi connectivity index (χ4v) is 4.35. The molecule has 0 bridgehead atoms. The van der Waals surface area contributed by atoms with Crippen LogP contribution in [0.3, 0.4) is 0 Å². The zero-order valence-electron chi connectivity index (χ0n) is 16.9. The molecule has 0 aromatic heterocycles. The van der Waals surface area contributed by atoms with Gasteiger partial charge in [-0.1, -0.05) is 50.2 Å². The summed E-state index contributed by atoms with van der Waals surface area (Å²) in [5, 5.41) is 3.66. The number of hydrogen-bond acceptors (Lipinski definition) is 4. The Morgan fingerprint density at radius 3 is 2.61 bits per heavy atom. The first-order valence-electron chi connectivity index (χ1n) is 9.81. The SMILES string of the molecule is COC1Cc2ccc(C(N)=O)cc2C(C)(C)C1NC[C@@H](N)Cc1ccccc1. The average Bonchev–Trinajstić information content (AvgIpc) is 2.67. The molecule has 28 heavy (non-hydrogen) atoms. The van der Waals surface area contributed by atoms with Gasteiger partial charge < -0.3 is 21.5 Å². The Balaban J connectivity index is 1.77. The minimum absolute atomic E-state index is 0.00839. The van der Waals surface area contributed by atoms with Crippen LogP contribution in [0.2, 0.25) is 0 Å². The van der Waals surface area contributed by atoms with Crippen LogP contribution >= 0.6 is 0 Å². The van der Waals surface area contributed by atoms with Crippen LogP contribution in [0.4, 0.5) is 0 Å². The predicted octanol–water partition coefficient (Wildman–Crippen LogP) is 2.16. The maximum absolute atomic E-state index is 11.7. The molecule has 1 amide bonds. The van der Waals surface area contributed by atoms with E-state index >= 15 is 0 Å². The standard InChI is InChI=1S/C23H31N3O2/c1-23(2)19-12-17(22(25)27)10-9-16(19)13-20(28-3)21(23)26-14-18(24)11-15-7-5-4-6-8-15/h4-10,12,18,20-21,26H,11,13-14,24H2,1-3H3,(H2,25,27)/t18-,20?,21?/m0/s1. The molecule has 5 nitrogen and oxygen atoms in total. The molecule has 2 unspecified atom stereocenters. The quantitative estimate of drug-likeness (QED) is 0.685. The van der Waals surface area contributed by atoms with Gasteiger partial charge in [-0.2, -0.15) is 0 Å². The van der Waals surface area contributed by atoms with Crippen molar-refractivity contribution in [2.24, 2.45) is 11.5 Å². The number of carbonyl (C=O) groups excluding carboxylic acids is 1. The Kier molecular flexibility index (Phi) is 6.18. The maximum Gasteiger partial charge on any atom is 0.248 e. The van der Waals surface area contributed by atoms with E-state index in [1.165, 1.54) is 11.1 Å². The summed E-state index contributed by atoms with van der Waals surface area (Å²) in [5.74, 6) is -0.401. The molecular formula is C23H31N3O2. The van der Waals surface area contributed by atoms with Crippen molar-refractivity contribution in [2.45, 2.75) is 50.3 Å². The van der Waals surface area contributed by atoms with E-state index < -0.39 is 5.91 Å². The van der Waals surface area contributed by atoms with Crippen LogP contribution in [0.25, 0.3) is 0 Å². The highest BCUT2D eigenvalue weighted by Gasteiger charge is 2.42. The molecule has 2 aromatic rings. The molecule has 3 atom stereocenters. The third-order valence-electron chi connectivity index (χ3n) is 5.90. The molecule has 0 saturated carbocycles. The Morgan fingerprint density at radius 2 is 1.96 bits per heavy atom. The van der Waals surface area contributed by atoms with Gasteiger partial charge in [0.15, 0.2) is 0 Å². The van der Waals surface area contributed by atoms with Gasteiger partial charge in [-0.3, -0.25) is 4.79 Å². The van der Waals surface area contributed by atoms with Gasteiger partial charge in [0, 0.05) is 43.1 Å². The van der Waals surface area contributed by atoms with Crippen molar-refractivity contribution in [3.8, 4) is 0 Å². The summed E-state index contributed by atoms with van der Waals surface area (Å²) in [6.07, 6.45) is 1.65. The Morgan fingerprint density at radius 1 is 1.25 bits per heavy atom. The smallest absolute Gasteiger partial charge is 0.248 e. The van der Waals surface area contributed by atoms with Gasteiger partial charge in [-0.25, -0.2) is 0 Å². The number of carbonyl (C=O) groups is 1. The fourth-order valence-electron chi connectivity index (χ4n) is 4.35. The number of rotatable bonds is 7. The first-order chi connectivity index (χ1) is 13.3. The molecule has 0 aliphatic heterocycles. The molecule has 3 rings (SSSR count). The van der Waals surface area contributed by atoms with Crippen molar-refractivity contribution >= 4 is 5.91 Å². The van der Waals surface area contributed by atoms with Gasteiger partial charge in [-0.15, -0.1) is 0 Å². The zero-order valence-corrected chi connectivity index (χ0v) is 16.9. The lowest BCUT2D eigenvalue weighted by molar-refractivity contribution is 0.0351. The number of primary amides is 1. The van der Waals surface area contributed by atoms with Gasteiger partial charge in [0.2, 0.25) is 5.91 Å². The second-order valence-electron chi connectivity index (χ2n) is 8.27. The summed E-state index contributed by atoms with van der Waals surface area (Å²) in [6.45, 7) is 5.05. The van der Waals surface area contributed by atoms with E-state index in [0.717, 1.165) is 18.4 Å². The van der Waals surface area contributed by atoms with Crippen molar-refractivity contribution < 1.29 is 9.53 Å². The second-order valence-corrected chi connectivity index (χ2v) is 8.27. The minimum Gasteiger partial charge on any atom is -0.379 e. The summed E-state index contributed by atoms with van der Waals surface area (Å²) in [5.41, 5.74) is 15.8. The van der Waals surface area contributed by atoms with Crippen LogP contribution in [0.1, 0.15) is 40.9 Å². The highest BCUT2D eigenvalue weighted by Crippen LogP contribution is 2.38. The summed E-state index contributed by atoms with van der Waals surface area (Å²) >= 11 is 0. The van der Waals surface area contributed by atoms with Crippen LogP contribution in [0.5, 0.6) is 0 Å². The van der Waals surface area contributed by atoms with Gasteiger partial charge in [0.25, 0.3) is 0 Å².